The molecule has 4 nitrogen and oxygen atoms in total. The lowest BCUT2D eigenvalue weighted by Crippen LogP contribution is -2.21. The van der Waals surface area contributed by atoms with Gasteiger partial charge in [0.1, 0.15) is 11.5 Å². The third-order valence-electron chi connectivity index (χ3n) is 6.28. The minimum Gasteiger partial charge on any atom is -0.497 e. The third-order valence-corrected chi connectivity index (χ3v) is 6.28. The molecule has 0 saturated heterocycles. The Balaban J connectivity index is 1.41. The van der Waals surface area contributed by atoms with Gasteiger partial charge in [-0.1, -0.05) is 48.5 Å². The smallest absolute Gasteiger partial charge is 0.194 e. The molecule has 4 aromatic rings. The lowest BCUT2D eigenvalue weighted by molar-refractivity contribution is 0.0979. The van der Waals surface area contributed by atoms with E-state index in [1.54, 1.807) is 26.4 Å². The zero-order valence-corrected chi connectivity index (χ0v) is 19.1. The van der Waals surface area contributed by atoms with Crippen LogP contribution in [0.4, 0.5) is 0 Å². The standard InChI is InChI=1S/C30H24O4/c1-33-23-9-3-19(4-10-23)15-21-7-13-25-27(17-21)29(31)26-14-8-22(18-28(26)30(25)32)16-20-5-11-24(34-2)12-6-20/h3-14,17-18H,15-16H2,1-2H3. The average Bonchev–Trinajstić information content (AvgIpc) is 2.88. The summed E-state index contributed by atoms with van der Waals surface area (Å²) >= 11 is 0. The van der Waals surface area contributed by atoms with Crippen molar-refractivity contribution in [1.82, 2.24) is 0 Å². The minimum absolute atomic E-state index is 0.0998. The molecule has 0 N–H and O–H groups in total. The van der Waals surface area contributed by atoms with Crippen molar-refractivity contribution in [3.63, 3.8) is 0 Å². The van der Waals surface area contributed by atoms with Crippen LogP contribution in [-0.4, -0.2) is 25.8 Å². The van der Waals surface area contributed by atoms with Gasteiger partial charge in [-0.05, 0) is 71.5 Å². The van der Waals surface area contributed by atoms with Crippen molar-refractivity contribution in [3.05, 3.63) is 129 Å². The van der Waals surface area contributed by atoms with E-state index in [-0.39, 0.29) is 11.6 Å². The molecule has 0 unspecified atom stereocenters. The largest absolute Gasteiger partial charge is 0.497 e. The fourth-order valence-corrected chi connectivity index (χ4v) is 4.42. The molecule has 168 valence electrons. The molecule has 0 saturated carbocycles. The normalized spacial score (nSPS) is 12.2. The number of hydrogen-bond donors (Lipinski definition) is 0. The summed E-state index contributed by atoms with van der Waals surface area (Å²) in [6.07, 6.45) is 1.35. The Labute approximate surface area is 198 Å². The van der Waals surface area contributed by atoms with E-state index in [1.165, 1.54) is 0 Å². The molecule has 4 aromatic carbocycles. The Kier molecular flexibility index (Phi) is 5.72. The molecule has 1 aliphatic rings. The van der Waals surface area contributed by atoms with Gasteiger partial charge in [0, 0.05) is 22.3 Å². The van der Waals surface area contributed by atoms with E-state index in [0.717, 1.165) is 33.8 Å². The molecular formula is C30H24O4. The Bertz CT molecular complexity index is 1270. The van der Waals surface area contributed by atoms with Gasteiger partial charge in [0.15, 0.2) is 11.6 Å². The molecule has 0 spiro atoms. The SMILES string of the molecule is COc1ccc(Cc2ccc3c(c2)C(=O)c2ccc(Cc4ccc(OC)cc4)cc2C3=O)cc1. The van der Waals surface area contributed by atoms with E-state index in [9.17, 15) is 9.59 Å². The number of carbonyl (C=O) groups is 2. The van der Waals surface area contributed by atoms with Crippen molar-refractivity contribution in [2.24, 2.45) is 0 Å². The van der Waals surface area contributed by atoms with Crippen molar-refractivity contribution in [2.45, 2.75) is 12.8 Å². The molecule has 0 bridgehead atoms. The van der Waals surface area contributed by atoms with Gasteiger partial charge in [0.2, 0.25) is 0 Å². The maximum absolute atomic E-state index is 13.3. The average molecular weight is 449 g/mol. The number of carbonyl (C=O) groups excluding carboxylic acids is 2. The monoisotopic (exact) mass is 448 g/mol. The Morgan fingerprint density at radius 2 is 0.824 bits per heavy atom. The van der Waals surface area contributed by atoms with E-state index in [2.05, 4.69) is 0 Å². The summed E-state index contributed by atoms with van der Waals surface area (Å²) in [6.45, 7) is 0. The van der Waals surface area contributed by atoms with Crippen molar-refractivity contribution in [1.29, 1.82) is 0 Å². The molecule has 0 atom stereocenters. The first kappa shape index (κ1) is 21.7. The summed E-state index contributed by atoms with van der Waals surface area (Å²) in [5, 5.41) is 0. The van der Waals surface area contributed by atoms with Gasteiger partial charge in [0.25, 0.3) is 0 Å². The van der Waals surface area contributed by atoms with Gasteiger partial charge in [-0.2, -0.15) is 0 Å². The molecule has 34 heavy (non-hydrogen) atoms. The number of ketones is 2. The van der Waals surface area contributed by atoms with E-state index in [4.69, 9.17) is 9.47 Å². The maximum Gasteiger partial charge on any atom is 0.194 e. The first-order valence-electron chi connectivity index (χ1n) is 11.2. The van der Waals surface area contributed by atoms with Crippen LogP contribution >= 0.6 is 0 Å². The number of benzene rings is 4. The zero-order valence-electron chi connectivity index (χ0n) is 19.1. The highest BCUT2D eigenvalue weighted by atomic mass is 16.5. The molecule has 0 fully saturated rings. The van der Waals surface area contributed by atoms with Crippen molar-refractivity contribution < 1.29 is 19.1 Å². The van der Waals surface area contributed by atoms with Gasteiger partial charge in [-0.15, -0.1) is 0 Å². The van der Waals surface area contributed by atoms with Crippen LogP contribution in [0, 0.1) is 0 Å². The number of fused-ring (bicyclic) bond motifs is 2. The van der Waals surface area contributed by atoms with Crippen LogP contribution in [0.5, 0.6) is 11.5 Å². The van der Waals surface area contributed by atoms with Gasteiger partial charge < -0.3 is 9.47 Å². The number of hydrogen-bond acceptors (Lipinski definition) is 4. The van der Waals surface area contributed by atoms with Gasteiger partial charge in [0.05, 0.1) is 14.2 Å². The Hall–Kier alpha value is -4.18. The summed E-state index contributed by atoms with van der Waals surface area (Å²) < 4.78 is 10.4. The quantitative estimate of drug-likeness (QED) is 0.336. The van der Waals surface area contributed by atoms with E-state index in [0.29, 0.717) is 35.1 Å². The highest BCUT2D eigenvalue weighted by molar-refractivity contribution is 6.28. The fraction of sp³-hybridized carbons (Fsp3) is 0.133. The van der Waals surface area contributed by atoms with E-state index >= 15 is 0 Å². The number of methoxy groups -OCH3 is 2. The van der Waals surface area contributed by atoms with Crippen LogP contribution in [0.2, 0.25) is 0 Å². The van der Waals surface area contributed by atoms with Crippen LogP contribution < -0.4 is 9.47 Å². The summed E-state index contributed by atoms with van der Waals surface area (Å²) in [5.74, 6) is 1.41. The van der Waals surface area contributed by atoms with E-state index < -0.39 is 0 Å². The van der Waals surface area contributed by atoms with Crippen LogP contribution in [0.3, 0.4) is 0 Å². The van der Waals surface area contributed by atoms with Crippen molar-refractivity contribution in [3.8, 4) is 11.5 Å². The Morgan fingerprint density at radius 1 is 0.471 bits per heavy atom. The van der Waals surface area contributed by atoms with Gasteiger partial charge >= 0.3 is 0 Å². The second kappa shape index (κ2) is 8.99. The first-order chi connectivity index (χ1) is 16.6. The summed E-state index contributed by atoms with van der Waals surface area (Å²) in [7, 11) is 3.28. The molecule has 5 rings (SSSR count). The Morgan fingerprint density at radius 3 is 1.18 bits per heavy atom. The molecular weight excluding hydrogens is 424 g/mol. The predicted molar refractivity (Wildman–Crippen MR) is 131 cm³/mol. The summed E-state index contributed by atoms with van der Waals surface area (Å²) in [6, 6.07) is 26.8. The van der Waals surface area contributed by atoms with Crippen LogP contribution in [0.1, 0.15) is 54.1 Å². The summed E-state index contributed by atoms with van der Waals surface area (Å²) in [5.41, 5.74) is 6.10. The van der Waals surface area contributed by atoms with Gasteiger partial charge in [-0.25, -0.2) is 0 Å². The second-order valence-corrected chi connectivity index (χ2v) is 8.47. The minimum atomic E-state index is -0.0998. The molecule has 0 aromatic heterocycles. The maximum atomic E-state index is 13.3. The molecule has 0 radical (unpaired) electrons. The van der Waals surface area contributed by atoms with Crippen LogP contribution in [0.25, 0.3) is 0 Å². The lowest BCUT2D eigenvalue weighted by atomic mass is 9.82. The van der Waals surface area contributed by atoms with Crippen LogP contribution in [0.15, 0.2) is 84.9 Å². The van der Waals surface area contributed by atoms with Crippen LogP contribution in [-0.2, 0) is 12.8 Å². The van der Waals surface area contributed by atoms with Crippen molar-refractivity contribution >= 4 is 11.6 Å². The lowest BCUT2D eigenvalue weighted by Gasteiger charge is -2.19. The highest BCUT2D eigenvalue weighted by Gasteiger charge is 2.30. The number of rotatable bonds is 6. The molecule has 4 heteroatoms. The molecule has 1 aliphatic carbocycles. The predicted octanol–water partition coefficient (Wildman–Crippen LogP) is 5.66. The fourth-order valence-electron chi connectivity index (χ4n) is 4.42. The molecule has 0 heterocycles. The van der Waals surface area contributed by atoms with Gasteiger partial charge in [-0.3, -0.25) is 9.59 Å². The summed E-state index contributed by atoms with van der Waals surface area (Å²) in [4.78, 5) is 26.6. The number of ether oxygens (including phenoxy) is 2. The molecule has 0 amide bonds. The first-order valence-corrected chi connectivity index (χ1v) is 11.2. The highest BCUT2D eigenvalue weighted by Crippen LogP contribution is 2.30. The van der Waals surface area contributed by atoms with E-state index in [1.807, 2.05) is 72.8 Å². The third kappa shape index (κ3) is 4.11. The topological polar surface area (TPSA) is 52.6 Å². The second-order valence-electron chi connectivity index (χ2n) is 8.47. The van der Waals surface area contributed by atoms with Crippen molar-refractivity contribution in [2.75, 3.05) is 14.2 Å². The molecule has 0 aliphatic heterocycles. The zero-order chi connectivity index (χ0) is 23.7.